The highest BCUT2D eigenvalue weighted by molar-refractivity contribution is 5.90. The molecule has 1 atom stereocenters. The molecule has 0 aliphatic carbocycles. The third-order valence-corrected chi connectivity index (χ3v) is 2.57. The number of nitrogens with zero attached hydrogens (tertiary/aromatic N) is 1. The van der Waals surface area contributed by atoms with Crippen LogP contribution in [0, 0.1) is 0 Å². The number of aromatic nitrogens is 1. The molecule has 0 aliphatic rings. The topological polar surface area (TPSA) is 131 Å². The number of carbonyl (C=O) groups is 3. The number of ketones is 1. The van der Waals surface area contributed by atoms with Crippen LogP contribution in [-0.4, -0.2) is 33.4 Å². The van der Waals surface area contributed by atoms with Gasteiger partial charge in [0, 0.05) is 6.20 Å². The molecule has 1 heterocycles. The van der Waals surface area contributed by atoms with Crippen LogP contribution in [0.1, 0.15) is 13.3 Å². The number of carbonyl (C=O) groups excluding carboxylic acids is 2. The van der Waals surface area contributed by atoms with E-state index in [1.54, 1.807) is 0 Å². The number of anilines is 1. The number of amides is 1. The third kappa shape index (κ3) is 4.23. The number of pyridine rings is 1. The van der Waals surface area contributed by atoms with Crippen LogP contribution in [-0.2, 0) is 20.9 Å². The van der Waals surface area contributed by atoms with Crippen LogP contribution >= 0.6 is 0 Å². The van der Waals surface area contributed by atoms with Crippen LogP contribution in [0.5, 0.6) is 0 Å². The Kier molecular flexibility index (Phi) is 5.01. The Morgan fingerprint density at radius 2 is 2.10 bits per heavy atom. The van der Waals surface area contributed by atoms with Gasteiger partial charge in [0.1, 0.15) is 6.54 Å². The molecule has 0 saturated carbocycles. The molecule has 8 heteroatoms. The third-order valence-electron chi connectivity index (χ3n) is 2.57. The summed E-state index contributed by atoms with van der Waals surface area (Å²) in [6.45, 7) is 0.841. The first-order valence-corrected chi connectivity index (χ1v) is 5.77. The average molecular weight is 281 g/mol. The summed E-state index contributed by atoms with van der Waals surface area (Å²) in [5.41, 5.74) is 4.88. The zero-order chi connectivity index (χ0) is 15.3. The first-order chi connectivity index (χ1) is 9.31. The molecule has 1 unspecified atom stereocenters. The SMILES string of the molecule is CC(=O)C(CC(=O)O)NC(=O)Cn1cccc(N)c1=O. The lowest BCUT2D eigenvalue weighted by Gasteiger charge is -2.14. The molecule has 0 radical (unpaired) electrons. The van der Waals surface area contributed by atoms with E-state index in [0.717, 1.165) is 4.57 Å². The fraction of sp³-hybridized carbons (Fsp3) is 0.333. The molecule has 1 aromatic rings. The van der Waals surface area contributed by atoms with Crippen molar-refractivity contribution in [3.05, 3.63) is 28.7 Å². The van der Waals surface area contributed by atoms with Crippen LogP contribution in [0.25, 0.3) is 0 Å². The first kappa shape index (κ1) is 15.4. The van der Waals surface area contributed by atoms with Crippen LogP contribution in [0.15, 0.2) is 23.1 Å². The molecular weight excluding hydrogens is 266 g/mol. The lowest BCUT2D eigenvalue weighted by atomic mass is 10.1. The Morgan fingerprint density at radius 1 is 1.45 bits per heavy atom. The van der Waals surface area contributed by atoms with Gasteiger partial charge >= 0.3 is 5.97 Å². The van der Waals surface area contributed by atoms with Crippen molar-refractivity contribution in [3.63, 3.8) is 0 Å². The average Bonchev–Trinajstić information content (AvgIpc) is 2.33. The number of nitrogens with two attached hydrogens (primary N) is 1. The minimum Gasteiger partial charge on any atom is -0.481 e. The van der Waals surface area contributed by atoms with E-state index in [2.05, 4.69) is 5.32 Å². The summed E-state index contributed by atoms with van der Waals surface area (Å²) >= 11 is 0. The van der Waals surface area contributed by atoms with Gasteiger partial charge in [0.05, 0.1) is 18.2 Å². The number of hydrogen-bond donors (Lipinski definition) is 3. The summed E-state index contributed by atoms with van der Waals surface area (Å²) in [5.74, 6) is -2.31. The number of hydrogen-bond acceptors (Lipinski definition) is 5. The lowest BCUT2D eigenvalue weighted by molar-refractivity contribution is -0.140. The summed E-state index contributed by atoms with van der Waals surface area (Å²) in [4.78, 5) is 45.1. The molecule has 1 amide bonds. The Morgan fingerprint density at radius 3 is 2.65 bits per heavy atom. The second-order valence-electron chi connectivity index (χ2n) is 4.23. The fourth-order valence-corrected chi connectivity index (χ4v) is 1.55. The van der Waals surface area contributed by atoms with Crippen molar-refractivity contribution < 1.29 is 19.5 Å². The number of Topliss-reactive ketones (excluding diaryl/α,β-unsaturated/α-hetero) is 1. The maximum atomic E-state index is 11.7. The summed E-state index contributed by atoms with van der Waals surface area (Å²) in [5, 5.41) is 10.9. The van der Waals surface area contributed by atoms with Gasteiger partial charge in [0.25, 0.3) is 5.56 Å². The van der Waals surface area contributed by atoms with E-state index in [4.69, 9.17) is 10.8 Å². The molecule has 1 aromatic heterocycles. The van der Waals surface area contributed by atoms with E-state index in [9.17, 15) is 19.2 Å². The van der Waals surface area contributed by atoms with Crippen LogP contribution < -0.4 is 16.6 Å². The van der Waals surface area contributed by atoms with E-state index in [-0.39, 0.29) is 12.2 Å². The molecule has 8 nitrogen and oxygen atoms in total. The van der Waals surface area contributed by atoms with Crippen molar-refractivity contribution >= 4 is 23.3 Å². The Balaban J connectivity index is 2.76. The van der Waals surface area contributed by atoms with Gasteiger partial charge in [0.15, 0.2) is 5.78 Å². The number of nitrogen functional groups attached to an aromatic ring is 1. The van der Waals surface area contributed by atoms with Crippen molar-refractivity contribution in [2.75, 3.05) is 5.73 Å². The van der Waals surface area contributed by atoms with E-state index < -0.39 is 35.7 Å². The van der Waals surface area contributed by atoms with Crippen molar-refractivity contribution in [1.29, 1.82) is 0 Å². The Labute approximate surface area is 114 Å². The van der Waals surface area contributed by atoms with Crippen molar-refractivity contribution in [2.24, 2.45) is 0 Å². The van der Waals surface area contributed by atoms with Gasteiger partial charge in [-0.05, 0) is 19.1 Å². The smallest absolute Gasteiger partial charge is 0.305 e. The number of carboxylic acid groups (broad SMARTS) is 1. The second kappa shape index (κ2) is 6.50. The highest BCUT2D eigenvalue weighted by Gasteiger charge is 2.20. The van der Waals surface area contributed by atoms with E-state index in [1.807, 2.05) is 0 Å². The normalized spacial score (nSPS) is 11.7. The van der Waals surface area contributed by atoms with Crippen LogP contribution in [0.3, 0.4) is 0 Å². The standard InChI is InChI=1S/C12H15N3O5/c1-7(16)9(5-11(18)19)14-10(17)6-15-4-2-3-8(13)12(15)20/h2-4,9H,5-6,13H2,1H3,(H,14,17)(H,18,19). The van der Waals surface area contributed by atoms with Gasteiger partial charge in [-0.1, -0.05) is 0 Å². The first-order valence-electron chi connectivity index (χ1n) is 5.77. The summed E-state index contributed by atoms with van der Waals surface area (Å²) < 4.78 is 1.07. The highest BCUT2D eigenvalue weighted by atomic mass is 16.4. The molecule has 0 spiro atoms. The number of aliphatic carboxylic acids is 1. The summed E-state index contributed by atoms with van der Waals surface area (Å²) in [6.07, 6.45) is 0.866. The zero-order valence-corrected chi connectivity index (χ0v) is 10.8. The highest BCUT2D eigenvalue weighted by Crippen LogP contribution is 1.96. The summed E-state index contributed by atoms with van der Waals surface area (Å²) in [6, 6.07) is 1.79. The van der Waals surface area contributed by atoms with Gasteiger partial charge < -0.3 is 20.7 Å². The minimum absolute atomic E-state index is 0.00560. The molecule has 20 heavy (non-hydrogen) atoms. The Bertz CT molecular complexity index is 593. The van der Waals surface area contributed by atoms with Gasteiger partial charge in [-0.15, -0.1) is 0 Å². The second-order valence-corrected chi connectivity index (χ2v) is 4.23. The van der Waals surface area contributed by atoms with Crippen LogP contribution in [0.2, 0.25) is 0 Å². The largest absolute Gasteiger partial charge is 0.481 e. The van der Waals surface area contributed by atoms with Gasteiger partial charge in [-0.2, -0.15) is 0 Å². The van der Waals surface area contributed by atoms with Crippen molar-refractivity contribution in [3.8, 4) is 0 Å². The molecule has 0 saturated heterocycles. The maximum absolute atomic E-state index is 11.7. The van der Waals surface area contributed by atoms with Gasteiger partial charge in [-0.25, -0.2) is 0 Å². The van der Waals surface area contributed by atoms with Crippen molar-refractivity contribution in [2.45, 2.75) is 25.9 Å². The summed E-state index contributed by atoms with van der Waals surface area (Å²) in [7, 11) is 0. The molecule has 1 rings (SSSR count). The molecule has 4 N–H and O–H groups in total. The molecular formula is C12H15N3O5. The zero-order valence-electron chi connectivity index (χ0n) is 10.8. The number of rotatable bonds is 6. The molecule has 0 bridgehead atoms. The monoisotopic (exact) mass is 281 g/mol. The quantitative estimate of drug-likeness (QED) is 0.611. The Hall–Kier alpha value is -2.64. The van der Waals surface area contributed by atoms with E-state index >= 15 is 0 Å². The molecule has 108 valence electrons. The number of nitrogens with one attached hydrogen (secondary N) is 1. The van der Waals surface area contributed by atoms with E-state index in [0.29, 0.717) is 0 Å². The molecule has 0 aliphatic heterocycles. The molecule has 0 fully saturated rings. The van der Waals surface area contributed by atoms with Gasteiger partial charge in [0.2, 0.25) is 5.91 Å². The maximum Gasteiger partial charge on any atom is 0.305 e. The van der Waals surface area contributed by atoms with Crippen LogP contribution in [0.4, 0.5) is 5.69 Å². The minimum atomic E-state index is -1.20. The fourth-order valence-electron chi connectivity index (χ4n) is 1.55. The van der Waals surface area contributed by atoms with Gasteiger partial charge in [-0.3, -0.25) is 19.2 Å². The number of carboxylic acids is 1. The molecule has 0 aromatic carbocycles. The lowest BCUT2D eigenvalue weighted by Crippen LogP contribution is -2.43. The van der Waals surface area contributed by atoms with Crippen molar-refractivity contribution in [1.82, 2.24) is 9.88 Å². The van der Waals surface area contributed by atoms with E-state index in [1.165, 1.54) is 25.3 Å². The predicted molar refractivity (Wildman–Crippen MR) is 70.0 cm³/mol. The predicted octanol–water partition coefficient (Wildman–Crippen LogP) is -1.02.